The molecule has 1 nitrogen and oxygen atoms in total. The van der Waals surface area contributed by atoms with Gasteiger partial charge in [0, 0.05) is 6.20 Å². The quantitative estimate of drug-likeness (QED) is 0.470. The zero-order chi connectivity index (χ0) is 7.23. The van der Waals surface area contributed by atoms with Crippen molar-refractivity contribution in [2.24, 2.45) is 0 Å². The summed E-state index contributed by atoms with van der Waals surface area (Å²) >= 11 is 1.57. The minimum atomic E-state index is 0.691. The summed E-state index contributed by atoms with van der Waals surface area (Å²) in [6.45, 7) is 0. The fourth-order valence-electron chi connectivity index (χ4n) is 0.548. The van der Waals surface area contributed by atoms with Crippen LogP contribution in [0.25, 0.3) is 0 Å². The average molecular weight is 149 g/mol. The molecular formula is C8H7NS. The molecule has 0 aromatic carbocycles. The van der Waals surface area contributed by atoms with E-state index in [9.17, 15) is 0 Å². The first-order valence-corrected chi connectivity index (χ1v) is 3.89. The van der Waals surface area contributed by atoms with Crippen LogP contribution in [0.5, 0.6) is 0 Å². The third-order valence-corrected chi connectivity index (χ3v) is 1.79. The molecule has 1 rings (SSSR count). The first-order chi connectivity index (χ1) is 4.93. The van der Waals surface area contributed by atoms with Gasteiger partial charge in [0.05, 0.1) is 10.8 Å². The van der Waals surface area contributed by atoms with Gasteiger partial charge in [0.15, 0.2) is 0 Å². The Morgan fingerprint density at radius 2 is 2.50 bits per heavy atom. The number of nitrogens with zero attached hydrogens (tertiary/aromatic N) is 1. The fraction of sp³-hybridized carbons (Fsp3) is 0.125. The first-order valence-electron chi connectivity index (χ1n) is 2.91. The molecule has 1 heterocycles. The summed E-state index contributed by atoms with van der Waals surface area (Å²) in [5, 5.41) is 0.987. The predicted octanol–water partition coefficient (Wildman–Crippen LogP) is 1.81. The predicted molar refractivity (Wildman–Crippen MR) is 43.8 cm³/mol. The Hall–Kier alpha value is -0.940. The second-order valence-electron chi connectivity index (χ2n) is 1.66. The highest BCUT2D eigenvalue weighted by atomic mass is 32.2. The van der Waals surface area contributed by atoms with Gasteiger partial charge < -0.3 is 0 Å². The summed E-state index contributed by atoms with van der Waals surface area (Å²) in [7, 11) is 0. The van der Waals surface area contributed by atoms with Gasteiger partial charge in [0.25, 0.3) is 0 Å². The average Bonchev–Trinajstić information content (AvgIpc) is 2.03. The van der Waals surface area contributed by atoms with Gasteiger partial charge in [-0.2, -0.15) is 0 Å². The maximum atomic E-state index is 5.08. The second kappa shape index (κ2) is 3.97. The van der Waals surface area contributed by atoms with Gasteiger partial charge in [-0.05, 0) is 12.1 Å². The molecule has 0 radical (unpaired) electrons. The molecule has 0 spiro atoms. The molecule has 0 aliphatic carbocycles. The topological polar surface area (TPSA) is 12.9 Å². The van der Waals surface area contributed by atoms with Crippen LogP contribution in [-0.2, 0) is 0 Å². The Kier molecular flexibility index (Phi) is 2.85. The van der Waals surface area contributed by atoms with Crippen LogP contribution in [0.1, 0.15) is 0 Å². The molecule has 0 unspecified atom stereocenters. The smallest absolute Gasteiger partial charge is 0.0969 e. The fourth-order valence-corrected chi connectivity index (χ4v) is 1.09. The van der Waals surface area contributed by atoms with Crippen molar-refractivity contribution in [2.45, 2.75) is 5.03 Å². The molecule has 0 saturated heterocycles. The molecule has 0 aliphatic rings. The number of hydrogen-bond donors (Lipinski definition) is 0. The van der Waals surface area contributed by atoms with E-state index in [2.05, 4.69) is 10.9 Å². The summed E-state index contributed by atoms with van der Waals surface area (Å²) in [5.74, 6) is 3.23. The lowest BCUT2D eigenvalue weighted by molar-refractivity contribution is 1.14. The molecule has 0 amide bonds. The van der Waals surface area contributed by atoms with Gasteiger partial charge in [0.1, 0.15) is 0 Å². The third kappa shape index (κ3) is 2.12. The van der Waals surface area contributed by atoms with E-state index in [1.807, 2.05) is 18.2 Å². The Morgan fingerprint density at radius 1 is 1.60 bits per heavy atom. The summed E-state index contributed by atoms with van der Waals surface area (Å²) in [6.07, 6.45) is 6.84. The summed E-state index contributed by atoms with van der Waals surface area (Å²) < 4.78 is 0. The van der Waals surface area contributed by atoms with Crippen LogP contribution >= 0.6 is 11.8 Å². The molecule has 0 N–H and O–H groups in total. The Labute approximate surface area is 64.9 Å². The van der Waals surface area contributed by atoms with Crippen molar-refractivity contribution >= 4 is 11.8 Å². The third-order valence-electron chi connectivity index (χ3n) is 0.941. The number of aromatic nitrogens is 1. The molecule has 0 atom stereocenters. The van der Waals surface area contributed by atoms with Gasteiger partial charge in [-0.15, -0.1) is 6.42 Å². The molecule has 0 bridgehead atoms. The highest BCUT2D eigenvalue weighted by Gasteiger charge is 1.88. The first kappa shape index (κ1) is 7.17. The molecule has 0 fully saturated rings. The van der Waals surface area contributed by atoms with E-state index in [0.29, 0.717) is 5.75 Å². The van der Waals surface area contributed by atoms with E-state index < -0.39 is 0 Å². The van der Waals surface area contributed by atoms with Gasteiger partial charge in [-0.3, -0.25) is 0 Å². The summed E-state index contributed by atoms with van der Waals surface area (Å²) in [6, 6.07) is 5.79. The van der Waals surface area contributed by atoms with Gasteiger partial charge in [0.2, 0.25) is 0 Å². The summed E-state index contributed by atoms with van der Waals surface area (Å²) in [4.78, 5) is 4.08. The molecule has 1 aromatic heterocycles. The van der Waals surface area contributed by atoms with Crippen LogP contribution in [0.4, 0.5) is 0 Å². The van der Waals surface area contributed by atoms with Crippen LogP contribution in [0.15, 0.2) is 29.4 Å². The molecule has 1 aromatic rings. The van der Waals surface area contributed by atoms with Crippen molar-refractivity contribution in [1.29, 1.82) is 0 Å². The van der Waals surface area contributed by atoms with Gasteiger partial charge in [-0.1, -0.05) is 23.7 Å². The highest BCUT2D eigenvalue weighted by Crippen LogP contribution is 2.11. The van der Waals surface area contributed by atoms with Crippen molar-refractivity contribution in [2.75, 3.05) is 5.75 Å². The minimum absolute atomic E-state index is 0.691. The molecular weight excluding hydrogens is 142 g/mol. The van der Waals surface area contributed by atoms with Crippen LogP contribution < -0.4 is 0 Å². The normalized spacial score (nSPS) is 8.70. The second-order valence-corrected chi connectivity index (χ2v) is 2.66. The largest absolute Gasteiger partial charge is 0.250 e. The number of rotatable bonds is 2. The van der Waals surface area contributed by atoms with E-state index in [4.69, 9.17) is 6.42 Å². The standard InChI is InChI=1S/C8H7NS/c1-2-7-10-8-5-3-4-6-9-8/h1,3-6H,7H2. The van der Waals surface area contributed by atoms with Gasteiger partial charge in [-0.25, -0.2) is 4.98 Å². The molecule has 0 aliphatic heterocycles. The summed E-state index contributed by atoms with van der Waals surface area (Å²) in [5.41, 5.74) is 0. The molecule has 50 valence electrons. The number of thioether (sulfide) groups is 1. The molecule has 2 heteroatoms. The maximum Gasteiger partial charge on any atom is 0.0969 e. The lowest BCUT2D eigenvalue weighted by Crippen LogP contribution is -1.77. The van der Waals surface area contributed by atoms with Crippen molar-refractivity contribution in [3.8, 4) is 12.3 Å². The van der Waals surface area contributed by atoms with Crippen molar-refractivity contribution < 1.29 is 0 Å². The molecule has 0 saturated carbocycles. The van der Waals surface area contributed by atoms with Crippen LogP contribution in [-0.4, -0.2) is 10.7 Å². The maximum absolute atomic E-state index is 5.08. The zero-order valence-corrected chi connectivity index (χ0v) is 6.27. The number of terminal acetylenes is 1. The van der Waals surface area contributed by atoms with E-state index >= 15 is 0 Å². The van der Waals surface area contributed by atoms with E-state index in [1.54, 1.807) is 18.0 Å². The monoisotopic (exact) mass is 149 g/mol. The van der Waals surface area contributed by atoms with Crippen LogP contribution in [0.2, 0.25) is 0 Å². The van der Waals surface area contributed by atoms with Crippen LogP contribution in [0, 0.1) is 12.3 Å². The van der Waals surface area contributed by atoms with E-state index in [0.717, 1.165) is 5.03 Å². The van der Waals surface area contributed by atoms with E-state index in [-0.39, 0.29) is 0 Å². The van der Waals surface area contributed by atoms with Gasteiger partial charge >= 0.3 is 0 Å². The highest BCUT2D eigenvalue weighted by molar-refractivity contribution is 7.99. The SMILES string of the molecule is C#CCSc1ccccn1. The Balaban J connectivity index is 2.52. The van der Waals surface area contributed by atoms with Crippen molar-refractivity contribution in [3.05, 3.63) is 24.4 Å². The number of pyridine rings is 1. The number of hydrogen-bond acceptors (Lipinski definition) is 2. The Morgan fingerprint density at radius 3 is 3.10 bits per heavy atom. The van der Waals surface area contributed by atoms with E-state index in [1.165, 1.54) is 0 Å². The molecule has 10 heavy (non-hydrogen) atoms. The van der Waals surface area contributed by atoms with Crippen molar-refractivity contribution in [1.82, 2.24) is 4.98 Å². The zero-order valence-electron chi connectivity index (χ0n) is 5.45. The minimum Gasteiger partial charge on any atom is -0.250 e. The lowest BCUT2D eigenvalue weighted by Gasteiger charge is -1.92. The van der Waals surface area contributed by atoms with Crippen molar-refractivity contribution in [3.63, 3.8) is 0 Å². The van der Waals surface area contributed by atoms with Crippen LogP contribution in [0.3, 0.4) is 0 Å². The lowest BCUT2D eigenvalue weighted by atomic mass is 10.5. The Bertz CT molecular complexity index is 225.